The number of rotatable bonds is 6. The van der Waals surface area contributed by atoms with Gasteiger partial charge in [-0.2, -0.15) is 0 Å². The summed E-state index contributed by atoms with van der Waals surface area (Å²) in [7, 11) is 0. The van der Waals surface area contributed by atoms with Crippen LogP contribution >= 0.6 is 0 Å². The van der Waals surface area contributed by atoms with Gasteiger partial charge >= 0.3 is 5.97 Å². The molecule has 1 N–H and O–H groups in total. The molecule has 0 unspecified atom stereocenters. The Morgan fingerprint density at radius 3 is 2.43 bits per heavy atom. The second-order valence-corrected chi connectivity index (χ2v) is 4.91. The number of aromatic amines is 1. The van der Waals surface area contributed by atoms with Crippen molar-refractivity contribution in [3.8, 4) is 0 Å². The molecule has 0 aliphatic carbocycles. The molecule has 1 aromatic heterocycles. The Morgan fingerprint density at radius 1 is 1.17 bits per heavy atom. The Kier molecular flexibility index (Phi) is 5.30. The van der Waals surface area contributed by atoms with E-state index < -0.39 is 5.97 Å². The van der Waals surface area contributed by atoms with Crippen molar-refractivity contribution in [1.82, 2.24) is 4.98 Å². The van der Waals surface area contributed by atoms with Crippen molar-refractivity contribution in [3.05, 3.63) is 53.9 Å². The Balaban J connectivity index is 1.97. The molecule has 1 aromatic carbocycles. The molecule has 0 aliphatic heterocycles. The third-order valence-electron chi connectivity index (χ3n) is 3.32. The number of aromatic nitrogens is 1. The fourth-order valence-corrected chi connectivity index (χ4v) is 2.11. The van der Waals surface area contributed by atoms with E-state index >= 15 is 0 Å². The summed E-state index contributed by atoms with van der Waals surface area (Å²) in [5.74, 6) is -1.14. The maximum atomic E-state index is 12.2. The summed E-state index contributed by atoms with van der Waals surface area (Å²) in [6.45, 7) is 3.35. The molecule has 1 amide bonds. The zero-order valence-corrected chi connectivity index (χ0v) is 13.0. The van der Waals surface area contributed by atoms with E-state index in [9.17, 15) is 14.4 Å². The minimum absolute atomic E-state index is 0.144. The molecule has 2 aromatic rings. The number of hydrogen-bond donors (Lipinski definition) is 1. The third kappa shape index (κ3) is 4.06. The number of Topliss-reactive ketones (excluding diaryl/α,β-unsaturated/α-hetero) is 1. The van der Waals surface area contributed by atoms with Crippen molar-refractivity contribution in [2.45, 2.75) is 13.8 Å². The summed E-state index contributed by atoms with van der Waals surface area (Å²) in [6.07, 6.45) is 1.43. The summed E-state index contributed by atoms with van der Waals surface area (Å²) in [6, 6.07) is 10.6. The van der Waals surface area contributed by atoms with E-state index in [1.807, 2.05) is 37.3 Å². The molecular weight excluding hydrogens is 296 g/mol. The third-order valence-corrected chi connectivity index (χ3v) is 3.32. The lowest BCUT2D eigenvalue weighted by molar-refractivity contribution is -0.121. The van der Waals surface area contributed by atoms with Gasteiger partial charge in [-0.15, -0.1) is 0 Å². The van der Waals surface area contributed by atoms with Crippen LogP contribution < -0.4 is 4.90 Å². The molecule has 2 rings (SSSR count). The summed E-state index contributed by atoms with van der Waals surface area (Å²) >= 11 is 0. The van der Waals surface area contributed by atoms with Gasteiger partial charge in [0.2, 0.25) is 0 Å². The quantitative estimate of drug-likeness (QED) is 0.656. The van der Waals surface area contributed by atoms with Crippen LogP contribution in [0.25, 0.3) is 0 Å². The molecule has 1 heterocycles. The van der Waals surface area contributed by atoms with Gasteiger partial charge in [-0.3, -0.25) is 9.59 Å². The lowest BCUT2D eigenvalue weighted by atomic mass is 10.2. The number of H-pyrrole nitrogens is 1. The first kappa shape index (κ1) is 16.5. The number of amides is 1. The average Bonchev–Trinajstić information content (AvgIpc) is 3.04. The van der Waals surface area contributed by atoms with E-state index in [1.54, 1.807) is 0 Å². The summed E-state index contributed by atoms with van der Waals surface area (Å²) in [5.41, 5.74) is 1.28. The highest BCUT2D eigenvalue weighted by Gasteiger charge is 2.18. The van der Waals surface area contributed by atoms with Crippen molar-refractivity contribution in [1.29, 1.82) is 0 Å². The number of nitrogens with one attached hydrogen (secondary N) is 1. The van der Waals surface area contributed by atoms with Gasteiger partial charge in [0.05, 0.1) is 0 Å². The molecule has 120 valence electrons. The Bertz CT molecular complexity index is 706. The number of para-hydroxylation sites is 1. The average molecular weight is 314 g/mol. The summed E-state index contributed by atoms with van der Waals surface area (Å²) < 4.78 is 5.01. The highest BCUT2D eigenvalue weighted by molar-refractivity contribution is 5.99. The normalized spacial score (nSPS) is 10.2. The highest BCUT2D eigenvalue weighted by Crippen LogP contribution is 2.13. The number of carbonyl (C=O) groups excluding carboxylic acids is 3. The SMILES string of the molecule is CCN(C(=O)COC(=O)c1cc(C(C)=O)c[nH]1)c1ccccc1. The minimum atomic E-state index is -0.671. The molecule has 0 spiro atoms. The van der Waals surface area contributed by atoms with Gasteiger partial charge < -0.3 is 14.6 Å². The van der Waals surface area contributed by atoms with Crippen LogP contribution in [0.1, 0.15) is 34.7 Å². The predicted octanol–water partition coefficient (Wildman–Crippen LogP) is 2.43. The smallest absolute Gasteiger partial charge is 0.355 e. The van der Waals surface area contributed by atoms with Gasteiger partial charge in [0.25, 0.3) is 5.91 Å². The van der Waals surface area contributed by atoms with Crippen molar-refractivity contribution in [2.24, 2.45) is 0 Å². The number of ether oxygens (including phenoxy) is 1. The number of likely N-dealkylation sites (N-methyl/N-ethyl adjacent to an activating group) is 1. The van der Waals surface area contributed by atoms with Gasteiger partial charge in [-0.1, -0.05) is 18.2 Å². The summed E-state index contributed by atoms with van der Waals surface area (Å²) in [4.78, 5) is 39.5. The van der Waals surface area contributed by atoms with E-state index in [4.69, 9.17) is 4.74 Å². The zero-order chi connectivity index (χ0) is 16.8. The fraction of sp³-hybridized carbons (Fsp3) is 0.235. The standard InChI is InChI=1S/C17H18N2O4/c1-3-19(14-7-5-4-6-8-14)16(21)11-23-17(22)15-9-13(10-18-15)12(2)20/h4-10,18H,3,11H2,1-2H3. The van der Waals surface area contributed by atoms with E-state index in [0.717, 1.165) is 5.69 Å². The van der Waals surface area contributed by atoms with Crippen molar-refractivity contribution >= 4 is 23.3 Å². The number of benzene rings is 1. The second kappa shape index (κ2) is 7.40. The zero-order valence-electron chi connectivity index (χ0n) is 13.0. The first-order valence-electron chi connectivity index (χ1n) is 7.24. The first-order chi connectivity index (χ1) is 11.0. The van der Waals surface area contributed by atoms with Crippen LogP contribution in [0.3, 0.4) is 0 Å². The number of nitrogens with zero attached hydrogens (tertiary/aromatic N) is 1. The Labute approximate surface area is 134 Å². The fourth-order valence-electron chi connectivity index (χ4n) is 2.11. The van der Waals surface area contributed by atoms with Crippen LogP contribution in [-0.2, 0) is 9.53 Å². The molecule has 6 heteroatoms. The van der Waals surface area contributed by atoms with Crippen LogP contribution in [0.2, 0.25) is 0 Å². The largest absolute Gasteiger partial charge is 0.451 e. The second-order valence-electron chi connectivity index (χ2n) is 4.91. The van der Waals surface area contributed by atoms with E-state index in [-0.39, 0.29) is 24.0 Å². The molecule has 0 saturated heterocycles. The lowest BCUT2D eigenvalue weighted by Gasteiger charge is -2.20. The molecule has 0 saturated carbocycles. The van der Waals surface area contributed by atoms with E-state index in [2.05, 4.69) is 4.98 Å². The maximum absolute atomic E-state index is 12.2. The molecule has 0 atom stereocenters. The molecule has 0 radical (unpaired) electrons. The van der Waals surface area contributed by atoms with Crippen LogP contribution in [0.5, 0.6) is 0 Å². The maximum Gasteiger partial charge on any atom is 0.355 e. The molecule has 0 aliphatic rings. The molecular formula is C17H18N2O4. The number of carbonyl (C=O) groups is 3. The Hall–Kier alpha value is -2.89. The van der Waals surface area contributed by atoms with Gasteiger partial charge in [0.1, 0.15) is 5.69 Å². The van der Waals surface area contributed by atoms with Crippen molar-refractivity contribution < 1.29 is 19.1 Å². The summed E-state index contributed by atoms with van der Waals surface area (Å²) in [5, 5.41) is 0. The van der Waals surface area contributed by atoms with Gasteiger partial charge in [0.15, 0.2) is 12.4 Å². The molecule has 6 nitrogen and oxygen atoms in total. The monoisotopic (exact) mass is 314 g/mol. The predicted molar refractivity (Wildman–Crippen MR) is 85.5 cm³/mol. The lowest BCUT2D eigenvalue weighted by Crippen LogP contribution is -2.34. The number of ketones is 1. The Morgan fingerprint density at radius 2 is 1.87 bits per heavy atom. The first-order valence-corrected chi connectivity index (χ1v) is 7.24. The highest BCUT2D eigenvalue weighted by atomic mass is 16.5. The minimum Gasteiger partial charge on any atom is -0.451 e. The van der Waals surface area contributed by atoms with Crippen LogP contribution in [-0.4, -0.2) is 35.8 Å². The number of anilines is 1. The van der Waals surface area contributed by atoms with Gasteiger partial charge in [0, 0.05) is 24.0 Å². The van der Waals surface area contributed by atoms with Crippen molar-refractivity contribution in [2.75, 3.05) is 18.1 Å². The van der Waals surface area contributed by atoms with Gasteiger partial charge in [-0.25, -0.2) is 4.79 Å². The van der Waals surface area contributed by atoms with Crippen LogP contribution in [0.4, 0.5) is 5.69 Å². The van der Waals surface area contributed by atoms with Gasteiger partial charge in [-0.05, 0) is 32.0 Å². The van der Waals surface area contributed by atoms with E-state index in [1.165, 1.54) is 24.1 Å². The van der Waals surface area contributed by atoms with Crippen molar-refractivity contribution in [3.63, 3.8) is 0 Å². The molecule has 0 bridgehead atoms. The topological polar surface area (TPSA) is 79.5 Å². The van der Waals surface area contributed by atoms with E-state index in [0.29, 0.717) is 12.1 Å². The molecule has 0 fully saturated rings. The molecule has 23 heavy (non-hydrogen) atoms. The van der Waals surface area contributed by atoms with Crippen LogP contribution in [0, 0.1) is 0 Å². The van der Waals surface area contributed by atoms with Crippen LogP contribution in [0.15, 0.2) is 42.6 Å². The number of esters is 1. The number of hydrogen-bond acceptors (Lipinski definition) is 4.